The number of nitrogens with zero attached hydrogens (tertiary/aromatic N) is 1. The quantitative estimate of drug-likeness (QED) is 0.776. The van der Waals surface area contributed by atoms with Crippen molar-refractivity contribution in [2.45, 2.75) is 64.5 Å². The first-order chi connectivity index (χ1) is 7.16. The van der Waals surface area contributed by atoms with Crippen LogP contribution in [-0.2, 0) is 4.79 Å². The monoisotopic (exact) mass is 212 g/mol. The van der Waals surface area contributed by atoms with Crippen LogP contribution in [0.4, 0.5) is 0 Å². The summed E-state index contributed by atoms with van der Waals surface area (Å²) in [5, 5.41) is 0. The molecule has 1 heterocycles. The van der Waals surface area contributed by atoms with E-state index in [1.165, 1.54) is 12.8 Å². The molecule has 0 bridgehead atoms. The fraction of sp³-hybridized carbons (Fsp3) is 0.917. The van der Waals surface area contributed by atoms with Gasteiger partial charge in [-0.15, -0.1) is 0 Å². The van der Waals surface area contributed by atoms with Crippen molar-refractivity contribution in [3.8, 4) is 0 Å². The minimum absolute atomic E-state index is 0.159. The lowest BCUT2D eigenvalue weighted by Crippen LogP contribution is -2.47. The lowest BCUT2D eigenvalue weighted by Gasteiger charge is -2.29. The molecule has 0 saturated carbocycles. The molecule has 2 atom stereocenters. The van der Waals surface area contributed by atoms with E-state index in [4.69, 9.17) is 5.73 Å². The van der Waals surface area contributed by atoms with Gasteiger partial charge in [0.2, 0.25) is 5.91 Å². The number of amides is 1. The predicted molar refractivity (Wildman–Crippen MR) is 62.5 cm³/mol. The first kappa shape index (κ1) is 12.5. The van der Waals surface area contributed by atoms with Gasteiger partial charge < -0.3 is 10.6 Å². The van der Waals surface area contributed by atoms with Crippen LogP contribution in [0.1, 0.15) is 52.4 Å². The number of likely N-dealkylation sites (tertiary alicyclic amines) is 1. The molecule has 3 heteroatoms. The molecule has 0 radical (unpaired) electrons. The van der Waals surface area contributed by atoms with Crippen LogP contribution in [0.15, 0.2) is 0 Å². The molecule has 0 aromatic carbocycles. The van der Waals surface area contributed by atoms with Gasteiger partial charge in [0, 0.05) is 12.6 Å². The highest BCUT2D eigenvalue weighted by atomic mass is 16.2. The van der Waals surface area contributed by atoms with Crippen LogP contribution in [0, 0.1) is 0 Å². The number of hydrogen-bond acceptors (Lipinski definition) is 2. The third-order valence-corrected chi connectivity index (χ3v) is 3.25. The molecular weight excluding hydrogens is 188 g/mol. The van der Waals surface area contributed by atoms with E-state index in [0.29, 0.717) is 6.04 Å². The van der Waals surface area contributed by atoms with Crippen LogP contribution in [0.5, 0.6) is 0 Å². The molecule has 0 aliphatic carbocycles. The van der Waals surface area contributed by atoms with Crippen molar-refractivity contribution >= 4 is 5.91 Å². The lowest BCUT2D eigenvalue weighted by atomic mass is 10.1. The third-order valence-electron chi connectivity index (χ3n) is 3.25. The number of hydrogen-bond donors (Lipinski definition) is 1. The fourth-order valence-corrected chi connectivity index (χ4v) is 2.25. The summed E-state index contributed by atoms with van der Waals surface area (Å²) in [7, 11) is 0. The maximum atomic E-state index is 12.1. The maximum absolute atomic E-state index is 12.1. The molecule has 15 heavy (non-hydrogen) atoms. The number of rotatable bonds is 3. The second-order valence-corrected chi connectivity index (χ2v) is 4.63. The van der Waals surface area contributed by atoms with Crippen LogP contribution in [0.3, 0.4) is 0 Å². The highest BCUT2D eigenvalue weighted by Crippen LogP contribution is 2.17. The van der Waals surface area contributed by atoms with Gasteiger partial charge in [0.05, 0.1) is 6.04 Å². The van der Waals surface area contributed by atoms with Crippen LogP contribution in [-0.4, -0.2) is 29.4 Å². The van der Waals surface area contributed by atoms with E-state index in [2.05, 4.69) is 13.8 Å². The molecule has 0 aromatic heterocycles. The fourth-order valence-electron chi connectivity index (χ4n) is 2.25. The summed E-state index contributed by atoms with van der Waals surface area (Å²) < 4.78 is 0. The Balaban J connectivity index is 2.55. The molecule has 1 amide bonds. The van der Waals surface area contributed by atoms with Gasteiger partial charge >= 0.3 is 0 Å². The van der Waals surface area contributed by atoms with Gasteiger partial charge in [-0.1, -0.05) is 26.2 Å². The minimum atomic E-state index is -0.282. The summed E-state index contributed by atoms with van der Waals surface area (Å²) in [6, 6.07) is 0.0958. The van der Waals surface area contributed by atoms with E-state index in [-0.39, 0.29) is 11.9 Å². The van der Waals surface area contributed by atoms with Gasteiger partial charge in [-0.05, 0) is 26.2 Å². The van der Waals surface area contributed by atoms with E-state index in [9.17, 15) is 4.79 Å². The Hall–Kier alpha value is -0.570. The van der Waals surface area contributed by atoms with Gasteiger partial charge in [-0.2, -0.15) is 0 Å². The van der Waals surface area contributed by atoms with Crippen molar-refractivity contribution in [1.29, 1.82) is 0 Å². The molecule has 0 spiro atoms. The number of carbonyl (C=O) groups is 1. The van der Waals surface area contributed by atoms with E-state index in [1.54, 1.807) is 0 Å². The Kier molecular flexibility index (Phi) is 5.09. The molecule has 0 aromatic rings. The summed E-state index contributed by atoms with van der Waals surface area (Å²) >= 11 is 0. The van der Waals surface area contributed by atoms with Crippen LogP contribution in [0.2, 0.25) is 0 Å². The zero-order valence-corrected chi connectivity index (χ0v) is 10.0. The largest absolute Gasteiger partial charge is 0.339 e. The van der Waals surface area contributed by atoms with Gasteiger partial charge in [0.1, 0.15) is 0 Å². The molecule has 2 N–H and O–H groups in total. The van der Waals surface area contributed by atoms with Crippen LogP contribution < -0.4 is 5.73 Å². The predicted octanol–water partition coefficient (Wildman–Crippen LogP) is 1.90. The van der Waals surface area contributed by atoms with Crippen molar-refractivity contribution in [3.63, 3.8) is 0 Å². The molecule has 1 fully saturated rings. The van der Waals surface area contributed by atoms with E-state index < -0.39 is 0 Å². The summed E-state index contributed by atoms with van der Waals surface area (Å²) in [6.07, 6.45) is 6.54. The van der Waals surface area contributed by atoms with Crippen molar-refractivity contribution in [1.82, 2.24) is 4.90 Å². The Morgan fingerprint density at radius 1 is 1.47 bits per heavy atom. The Morgan fingerprint density at radius 3 is 2.87 bits per heavy atom. The lowest BCUT2D eigenvalue weighted by molar-refractivity contribution is -0.134. The van der Waals surface area contributed by atoms with Gasteiger partial charge in [-0.3, -0.25) is 4.79 Å². The molecule has 1 rings (SSSR count). The zero-order chi connectivity index (χ0) is 11.3. The zero-order valence-electron chi connectivity index (χ0n) is 10.0. The highest BCUT2D eigenvalue weighted by molar-refractivity contribution is 5.81. The summed E-state index contributed by atoms with van der Waals surface area (Å²) in [5.41, 5.74) is 5.88. The van der Waals surface area contributed by atoms with E-state index >= 15 is 0 Å². The smallest absolute Gasteiger partial charge is 0.239 e. The standard InChI is InChI=1S/C12H24N2O/c1-3-7-11(13)12(15)14-9-6-4-5-8-10(14)2/h10-11H,3-9,13H2,1-2H3/t10?,11-/m1/s1. The topological polar surface area (TPSA) is 46.3 Å². The second-order valence-electron chi connectivity index (χ2n) is 4.63. The Morgan fingerprint density at radius 2 is 2.20 bits per heavy atom. The molecule has 1 saturated heterocycles. The molecule has 1 unspecified atom stereocenters. The molecule has 1 aliphatic rings. The van der Waals surface area contributed by atoms with Gasteiger partial charge in [-0.25, -0.2) is 0 Å². The average Bonchev–Trinajstić information content (AvgIpc) is 2.42. The van der Waals surface area contributed by atoms with Crippen molar-refractivity contribution in [2.24, 2.45) is 5.73 Å². The maximum Gasteiger partial charge on any atom is 0.239 e. The normalized spacial score (nSPS) is 24.7. The van der Waals surface area contributed by atoms with Gasteiger partial charge in [0.15, 0.2) is 0 Å². The Labute approximate surface area is 93.0 Å². The number of nitrogens with two attached hydrogens (primary N) is 1. The SMILES string of the molecule is CCC[C@@H](N)C(=O)N1CCCCCC1C. The van der Waals surface area contributed by atoms with E-state index in [0.717, 1.165) is 32.2 Å². The first-order valence-electron chi connectivity index (χ1n) is 6.23. The third kappa shape index (κ3) is 3.49. The molecule has 3 nitrogen and oxygen atoms in total. The van der Waals surface area contributed by atoms with Gasteiger partial charge in [0.25, 0.3) is 0 Å². The molecule has 1 aliphatic heterocycles. The Bertz CT molecular complexity index is 206. The average molecular weight is 212 g/mol. The van der Waals surface area contributed by atoms with Crippen molar-refractivity contribution in [3.05, 3.63) is 0 Å². The van der Waals surface area contributed by atoms with Crippen molar-refractivity contribution < 1.29 is 4.79 Å². The summed E-state index contributed by atoms with van der Waals surface area (Å²) in [5.74, 6) is 0.159. The van der Waals surface area contributed by atoms with E-state index in [1.807, 2.05) is 4.90 Å². The summed E-state index contributed by atoms with van der Waals surface area (Å²) in [4.78, 5) is 14.0. The molecular formula is C12H24N2O. The number of carbonyl (C=O) groups excluding carboxylic acids is 1. The second kappa shape index (κ2) is 6.11. The summed E-state index contributed by atoms with van der Waals surface area (Å²) in [6.45, 7) is 5.11. The highest BCUT2D eigenvalue weighted by Gasteiger charge is 2.25. The first-order valence-corrected chi connectivity index (χ1v) is 6.23. The minimum Gasteiger partial charge on any atom is -0.339 e. The van der Waals surface area contributed by atoms with Crippen LogP contribution >= 0.6 is 0 Å². The molecule has 88 valence electrons. The van der Waals surface area contributed by atoms with Crippen molar-refractivity contribution in [2.75, 3.05) is 6.54 Å². The van der Waals surface area contributed by atoms with Crippen LogP contribution in [0.25, 0.3) is 0 Å².